The second kappa shape index (κ2) is 13.2. The largest absolute Gasteiger partial charge is 0.380 e. The molecule has 0 amide bonds. The van der Waals surface area contributed by atoms with Gasteiger partial charge >= 0.3 is 0 Å². The Balaban J connectivity index is 1.81. The first-order valence-electron chi connectivity index (χ1n) is 13.8. The molecule has 5 rings (SSSR count). The van der Waals surface area contributed by atoms with E-state index in [1.807, 2.05) is 0 Å². The van der Waals surface area contributed by atoms with Crippen LogP contribution >= 0.6 is 0 Å². The second-order valence-corrected chi connectivity index (χ2v) is 10.4. The van der Waals surface area contributed by atoms with E-state index in [1.165, 1.54) is 24.3 Å². The van der Waals surface area contributed by atoms with Crippen LogP contribution < -0.4 is 0 Å². The topological polar surface area (TPSA) is 9.23 Å². The van der Waals surface area contributed by atoms with Crippen molar-refractivity contribution in [3.8, 4) is 0 Å². The standard InChI is InChI=1S/C37H31F4O/c1-24-29(19-25-11-3-7-15-34(25)38)31(21-27-13-5-9-17-36(27)40)33(23-42-2)32(22-28-14-6-10-18-37(28)41)30(24)20-26-12-4-8-16-35(26)39/h3-18H,1,19-23H2,2H3. The van der Waals surface area contributed by atoms with Gasteiger partial charge in [-0.1, -0.05) is 72.8 Å². The Morgan fingerprint density at radius 1 is 0.452 bits per heavy atom. The predicted octanol–water partition coefficient (Wildman–Crippen LogP) is 8.93. The van der Waals surface area contributed by atoms with Crippen molar-refractivity contribution >= 4 is 0 Å². The smallest absolute Gasteiger partial charge is 0.126 e. The first-order valence-corrected chi connectivity index (χ1v) is 13.8. The van der Waals surface area contributed by atoms with E-state index in [0.717, 1.165) is 27.8 Å². The lowest BCUT2D eigenvalue weighted by molar-refractivity contribution is 0.183. The van der Waals surface area contributed by atoms with Gasteiger partial charge in [0, 0.05) is 32.8 Å². The molecule has 0 bridgehead atoms. The normalized spacial score (nSPS) is 11.2. The first kappa shape index (κ1) is 29.3. The monoisotopic (exact) mass is 567 g/mol. The quantitative estimate of drug-likeness (QED) is 0.153. The average molecular weight is 568 g/mol. The third-order valence-corrected chi connectivity index (χ3v) is 7.77. The lowest BCUT2D eigenvalue weighted by Crippen LogP contribution is -2.16. The summed E-state index contributed by atoms with van der Waals surface area (Å²) in [6, 6.07) is 26.0. The fraction of sp³-hybridized carbons (Fsp3) is 0.162. The maximum absolute atomic E-state index is 15.0. The molecule has 213 valence electrons. The van der Waals surface area contributed by atoms with E-state index in [0.29, 0.717) is 27.8 Å². The van der Waals surface area contributed by atoms with Crippen molar-refractivity contribution in [2.45, 2.75) is 32.3 Å². The number of hydrogen-bond donors (Lipinski definition) is 0. The average Bonchev–Trinajstić information content (AvgIpc) is 2.98. The number of rotatable bonds is 10. The third kappa shape index (κ3) is 6.32. The molecule has 0 N–H and O–H groups in total. The predicted molar refractivity (Wildman–Crippen MR) is 158 cm³/mol. The summed E-state index contributed by atoms with van der Waals surface area (Å²) in [5, 5.41) is 0. The van der Waals surface area contributed by atoms with Crippen LogP contribution in [0.4, 0.5) is 17.6 Å². The van der Waals surface area contributed by atoms with E-state index in [1.54, 1.807) is 79.9 Å². The Morgan fingerprint density at radius 3 is 1.02 bits per heavy atom. The Morgan fingerprint density at radius 2 is 0.738 bits per heavy atom. The zero-order chi connectivity index (χ0) is 29.6. The lowest BCUT2D eigenvalue weighted by Gasteiger charge is -2.27. The van der Waals surface area contributed by atoms with Crippen molar-refractivity contribution in [2.75, 3.05) is 7.11 Å². The van der Waals surface area contributed by atoms with Crippen LogP contribution in [0, 0.1) is 30.2 Å². The van der Waals surface area contributed by atoms with Crippen molar-refractivity contribution in [1.82, 2.24) is 0 Å². The van der Waals surface area contributed by atoms with Gasteiger partial charge in [0.15, 0.2) is 0 Å². The molecular weight excluding hydrogens is 536 g/mol. The van der Waals surface area contributed by atoms with Crippen LogP contribution in [0.2, 0.25) is 0 Å². The van der Waals surface area contributed by atoms with Gasteiger partial charge in [0.25, 0.3) is 0 Å². The van der Waals surface area contributed by atoms with Crippen LogP contribution in [0.5, 0.6) is 0 Å². The number of methoxy groups -OCH3 is 1. The summed E-state index contributed by atoms with van der Waals surface area (Å²) >= 11 is 0. The molecule has 5 heteroatoms. The molecule has 5 aromatic carbocycles. The van der Waals surface area contributed by atoms with Crippen LogP contribution in [-0.2, 0) is 37.0 Å². The number of halogens is 4. The van der Waals surface area contributed by atoms with Gasteiger partial charge in [0.2, 0.25) is 0 Å². The lowest BCUT2D eigenvalue weighted by atomic mass is 9.79. The van der Waals surface area contributed by atoms with Crippen molar-refractivity contribution in [2.24, 2.45) is 0 Å². The SMILES string of the molecule is [CH2]c1c(Cc2ccccc2F)c(Cc2ccccc2F)c(COC)c(Cc2ccccc2F)c1Cc1ccccc1F. The van der Waals surface area contributed by atoms with Crippen LogP contribution in [0.25, 0.3) is 0 Å². The van der Waals surface area contributed by atoms with Gasteiger partial charge in [-0.25, -0.2) is 17.6 Å². The molecule has 0 aliphatic carbocycles. The highest BCUT2D eigenvalue weighted by Crippen LogP contribution is 2.36. The molecule has 0 saturated carbocycles. The number of benzene rings is 5. The molecule has 0 spiro atoms. The molecule has 0 saturated heterocycles. The summed E-state index contributed by atoms with van der Waals surface area (Å²) in [6.45, 7) is 4.59. The van der Waals surface area contributed by atoms with Crippen LogP contribution in [0.3, 0.4) is 0 Å². The number of ether oxygens (including phenoxy) is 1. The van der Waals surface area contributed by atoms with E-state index in [9.17, 15) is 8.78 Å². The molecule has 0 aliphatic rings. The van der Waals surface area contributed by atoms with Crippen LogP contribution in [-0.4, -0.2) is 7.11 Å². The van der Waals surface area contributed by atoms with E-state index in [4.69, 9.17) is 4.74 Å². The molecule has 0 atom stereocenters. The van der Waals surface area contributed by atoms with Crippen LogP contribution in [0.15, 0.2) is 97.1 Å². The molecule has 0 unspecified atom stereocenters. The molecule has 1 nitrogen and oxygen atoms in total. The fourth-order valence-electron chi connectivity index (χ4n) is 5.59. The second-order valence-electron chi connectivity index (χ2n) is 10.4. The van der Waals surface area contributed by atoms with Gasteiger partial charge in [-0.05, 0) is 86.8 Å². The molecular formula is C37H31F4O. The summed E-state index contributed by atoms with van der Waals surface area (Å²) < 4.78 is 65.7. The molecule has 5 aromatic rings. The van der Waals surface area contributed by atoms with Gasteiger partial charge in [-0.15, -0.1) is 0 Å². The maximum atomic E-state index is 15.0. The Hall–Kier alpha value is -4.22. The Kier molecular flexibility index (Phi) is 9.19. The highest BCUT2D eigenvalue weighted by molar-refractivity contribution is 5.58. The zero-order valence-corrected chi connectivity index (χ0v) is 23.4. The van der Waals surface area contributed by atoms with E-state index < -0.39 is 0 Å². The fourth-order valence-corrected chi connectivity index (χ4v) is 5.59. The minimum Gasteiger partial charge on any atom is -0.380 e. The van der Waals surface area contributed by atoms with Crippen molar-refractivity contribution in [3.63, 3.8) is 0 Å². The van der Waals surface area contributed by atoms with Crippen molar-refractivity contribution in [1.29, 1.82) is 0 Å². The van der Waals surface area contributed by atoms with E-state index in [-0.39, 0.29) is 55.6 Å². The first-order chi connectivity index (χ1) is 20.4. The molecule has 0 fully saturated rings. The van der Waals surface area contributed by atoms with E-state index in [2.05, 4.69) is 6.92 Å². The highest BCUT2D eigenvalue weighted by Gasteiger charge is 2.25. The Bertz CT molecular complexity index is 1590. The molecule has 42 heavy (non-hydrogen) atoms. The minimum atomic E-state index is -0.367. The molecule has 0 aliphatic heterocycles. The van der Waals surface area contributed by atoms with E-state index >= 15 is 8.78 Å². The summed E-state index contributed by atoms with van der Waals surface area (Å²) in [7, 11) is 1.56. The molecule has 0 heterocycles. The van der Waals surface area contributed by atoms with Gasteiger partial charge in [-0.2, -0.15) is 0 Å². The van der Waals surface area contributed by atoms with Gasteiger partial charge in [-0.3, -0.25) is 0 Å². The van der Waals surface area contributed by atoms with Gasteiger partial charge < -0.3 is 4.74 Å². The summed E-state index contributed by atoms with van der Waals surface area (Å²) in [4.78, 5) is 0. The van der Waals surface area contributed by atoms with Crippen LogP contribution in [0.1, 0.15) is 55.6 Å². The van der Waals surface area contributed by atoms with Crippen molar-refractivity contribution in [3.05, 3.63) is 183 Å². The zero-order valence-electron chi connectivity index (χ0n) is 23.4. The number of hydrogen-bond acceptors (Lipinski definition) is 1. The summed E-state index contributed by atoms with van der Waals surface area (Å²) in [5.74, 6) is -1.47. The third-order valence-electron chi connectivity index (χ3n) is 7.77. The van der Waals surface area contributed by atoms with Gasteiger partial charge in [0.05, 0.1) is 6.61 Å². The minimum absolute atomic E-state index is 0.141. The highest BCUT2D eigenvalue weighted by atomic mass is 19.1. The molecule has 1 radical (unpaired) electrons. The summed E-state index contributed by atoms with van der Waals surface area (Å²) in [6.07, 6.45) is 0.774. The Labute approximate surface area is 244 Å². The summed E-state index contributed by atoms with van der Waals surface area (Å²) in [5.41, 5.74) is 6.12. The molecule has 0 aromatic heterocycles. The maximum Gasteiger partial charge on any atom is 0.126 e. The van der Waals surface area contributed by atoms with Gasteiger partial charge in [0.1, 0.15) is 23.3 Å². The van der Waals surface area contributed by atoms with Crippen molar-refractivity contribution < 1.29 is 22.3 Å².